The molecule has 30 valence electrons. The third-order valence-corrected chi connectivity index (χ3v) is 0. The number of hydrogen-bond acceptors (Lipinski definition) is 1. The summed E-state index contributed by atoms with van der Waals surface area (Å²) in [7, 11) is 0. The van der Waals surface area contributed by atoms with Gasteiger partial charge in [0.1, 0.15) is 0 Å². The van der Waals surface area contributed by atoms with Crippen LogP contribution in [0, 0.1) is 0 Å². The van der Waals surface area contributed by atoms with E-state index in [9.17, 15) is 0 Å². The van der Waals surface area contributed by atoms with Crippen molar-refractivity contribution in [1.29, 1.82) is 0 Å². The number of halogens is 2. The minimum atomic E-state index is 0. The Bertz CT molecular complexity index is 13.5. The van der Waals surface area contributed by atoms with Crippen LogP contribution in [0.2, 0.25) is 0 Å². The quantitative estimate of drug-likeness (QED) is 0.431. The average Bonchev–Trinajstić information content (AvgIpc) is 0.918. The predicted molar refractivity (Wildman–Crippen MR) is 14.8 cm³/mol. The average molecular weight is 140 g/mol. The molecule has 6 heavy (non-hydrogen) atoms. The van der Waals surface area contributed by atoms with Crippen molar-refractivity contribution in [3.63, 3.8) is 0 Å². The first-order valence-corrected chi connectivity index (χ1v) is 0.309. The second-order valence-corrected chi connectivity index (χ2v) is 0.0583. The van der Waals surface area contributed by atoms with Crippen molar-refractivity contribution < 1.29 is 31.3 Å². The van der Waals surface area contributed by atoms with Crippen molar-refractivity contribution in [3.05, 3.63) is 0 Å². The van der Waals surface area contributed by atoms with Gasteiger partial charge >= 0.3 is 0 Å². The fourth-order valence-corrected chi connectivity index (χ4v) is 0. The Hall–Kier alpha value is 1.70. The number of rotatable bonds is 0. The van der Waals surface area contributed by atoms with E-state index in [2.05, 4.69) is 0 Å². The monoisotopic (exact) mass is 140 g/mol. The zero-order chi connectivity index (χ0) is 2.71. The molecule has 0 aromatic heterocycles. The van der Waals surface area contributed by atoms with Crippen LogP contribution in [0.15, 0.2) is 0 Å². The van der Waals surface area contributed by atoms with Gasteiger partial charge < -0.3 is 0 Å². The van der Waals surface area contributed by atoms with Crippen molar-refractivity contribution in [2.75, 3.05) is 0 Å². The molecule has 0 atom stereocenters. The van der Waals surface area contributed by atoms with Crippen LogP contribution in [0.5, 0.6) is 0 Å². The molecule has 1 nitrogen and oxygen atoms in total. The molecule has 4 radical (unpaired) electrons. The van der Waals surface area contributed by atoms with Gasteiger partial charge in [-0.15, -0.1) is 0 Å². The molecule has 0 aliphatic rings. The molecule has 0 bridgehead atoms. The summed E-state index contributed by atoms with van der Waals surface area (Å²) in [6.45, 7) is 0. The van der Waals surface area contributed by atoms with Crippen molar-refractivity contribution in [3.8, 4) is 0 Å². The van der Waals surface area contributed by atoms with E-state index >= 15 is 0 Å². The topological polar surface area (TPSA) is 9.23 Å². The van der Waals surface area contributed by atoms with Gasteiger partial charge in [-0.1, -0.05) is 0 Å². The summed E-state index contributed by atoms with van der Waals surface area (Å²) < 4.78 is 18.2. The fraction of sp³-hybridized carbons (Fsp3) is 0. The van der Waals surface area contributed by atoms with Crippen molar-refractivity contribution in [2.24, 2.45) is 0 Å². The Morgan fingerprint density at radius 1 is 1.17 bits per heavy atom. The van der Waals surface area contributed by atoms with Gasteiger partial charge in [-0.25, -0.2) is 0 Å². The summed E-state index contributed by atoms with van der Waals surface area (Å²) in [6, 6.07) is 0. The summed E-state index contributed by atoms with van der Waals surface area (Å²) >= 11 is 0. The van der Waals surface area contributed by atoms with Crippen LogP contribution in [0.1, 0.15) is 0 Å². The van der Waals surface area contributed by atoms with E-state index in [1.165, 1.54) is 5.15 Å². The molecule has 0 saturated heterocycles. The van der Waals surface area contributed by atoms with Gasteiger partial charge in [0.25, 0.3) is 0 Å². The van der Waals surface area contributed by atoms with Crippen LogP contribution >= 0.6 is 0 Å². The largest absolute Gasteiger partial charge is 0.0209 e. The molecule has 0 spiro atoms. The minimum Gasteiger partial charge on any atom is -0.0104 e. The molecular weight excluding hydrogens is 140 g/mol. The Labute approximate surface area is 72.8 Å². The van der Waals surface area contributed by atoms with Crippen LogP contribution < -0.4 is 0 Å². The van der Waals surface area contributed by atoms with E-state index in [4.69, 9.17) is 9.05 Å². The van der Waals surface area contributed by atoms with Crippen LogP contribution in [0.25, 0.3) is 0 Å². The Balaban J connectivity index is -0.00000000667. The third kappa shape index (κ3) is 43.5. The van der Waals surface area contributed by atoms with E-state index in [-0.39, 0.29) is 59.0 Å². The first-order chi connectivity index (χ1) is 1.41. The van der Waals surface area contributed by atoms with Crippen molar-refractivity contribution >= 4 is 41.9 Å². The predicted octanol–water partition coefficient (Wildman–Crippen LogP) is 0.00790. The molecule has 0 fully saturated rings. The van der Waals surface area contributed by atoms with E-state index in [1.807, 2.05) is 0 Å². The Morgan fingerprint density at radius 2 is 1.17 bits per heavy atom. The minimum absolute atomic E-state index is 0. The normalized spacial score (nSPS) is 3.00. The Morgan fingerprint density at radius 3 is 1.17 bits per heavy atom. The SMILES string of the molecule is FOF.[Li].[Mg].[Mn]. The van der Waals surface area contributed by atoms with Crippen molar-refractivity contribution in [1.82, 2.24) is 0 Å². The molecule has 0 aliphatic heterocycles. The van der Waals surface area contributed by atoms with Gasteiger partial charge in [-0.2, -0.15) is 0 Å². The molecule has 6 heteroatoms. The van der Waals surface area contributed by atoms with Crippen LogP contribution in [-0.2, 0) is 22.2 Å². The standard InChI is InChI=1S/F2O.Li.Mg.Mn/c1-3-2;;;. The van der Waals surface area contributed by atoms with Gasteiger partial charge in [0.2, 0.25) is 0 Å². The Kier molecular flexibility index (Phi) is 126. The van der Waals surface area contributed by atoms with Gasteiger partial charge in [0.05, 0.1) is 0 Å². The van der Waals surface area contributed by atoms with E-state index in [0.717, 1.165) is 0 Å². The van der Waals surface area contributed by atoms with Gasteiger partial charge in [0, 0.05) is 64.1 Å². The maximum atomic E-state index is 9.12. The molecule has 0 aliphatic carbocycles. The third-order valence-electron chi connectivity index (χ3n) is 0. The molecule has 0 heterocycles. The second kappa shape index (κ2) is 29.8. The van der Waals surface area contributed by atoms with Crippen LogP contribution in [0.3, 0.4) is 0 Å². The van der Waals surface area contributed by atoms with E-state index in [1.54, 1.807) is 0 Å². The summed E-state index contributed by atoms with van der Waals surface area (Å²) in [5.41, 5.74) is 0. The van der Waals surface area contributed by atoms with Crippen LogP contribution in [0.4, 0.5) is 9.05 Å². The number of hydrogen-bond donors (Lipinski definition) is 0. The second-order valence-electron chi connectivity index (χ2n) is 0.0583. The summed E-state index contributed by atoms with van der Waals surface area (Å²) in [5, 5.41) is 1.25. The molecular formula is F2LiMgMnO. The molecule has 0 amide bonds. The van der Waals surface area contributed by atoms with E-state index in [0.29, 0.717) is 0 Å². The maximum Gasteiger partial charge on any atom is 0.0209 e. The van der Waals surface area contributed by atoms with Gasteiger partial charge in [-0.05, 0) is 9.05 Å². The maximum absolute atomic E-state index is 9.12. The van der Waals surface area contributed by atoms with Gasteiger partial charge in [-0.3, -0.25) is 0 Å². The smallest absolute Gasteiger partial charge is 0.0104 e. The zero-order valence-electron chi connectivity index (χ0n) is 3.25. The molecule has 0 unspecified atom stereocenters. The van der Waals surface area contributed by atoms with Crippen molar-refractivity contribution in [2.45, 2.75) is 0 Å². The summed E-state index contributed by atoms with van der Waals surface area (Å²) in [5.74, 6) is 0. The first-order valence-electron chi connectivity index (χ1n) is 0.309. The van der Waals surface area contributed by atoms with Gasteiger partial charge in [0.15, 0.2) is 0 Å². The summed E-state index contributed by atoms with van der Waals surface area (Å²) in [4.78, 5) is 0. The zero-order valence-corrected chi connectivity index (χ0v) is 5.84. The van der Waals surface area contributed by atoms with E-state index < -0.39 is 0 Å². The summed E-state index contributed by atoms with van der Waals surface area (Å²) in [6.07, 6.45) is 0. The fourth-order valence-electron chi connectivity index (χ4n) is 0. The first kappa shape index (κ1) is 25.2. The molecule has 0 aromatic carbocycles. The molecule has 0 aromatic rings. The van der Waals surface area contributed by atoms with Crippen LogP contribution in [-0.4, -0.2) is 41.9 Å². The molecule has 0 rings (SSSR count). The molecule has 0 saturated carbocycles. The molecule has 0 N–H and O–H groups in total.